The maximum Gasteiger partial charge on any atom is 0.340 e. The van der Waals surface area contributed by atoms with Crippen molar-refractivity contribution in [3.05, 3.63) is 40.7 Å². The molecule has 0 aliphatic heterocycles. The van der Waals surface area contributed by atoms with E-state index in [1.54, 1.807) is 6.92 Å². The van der Waals surface area contributed by atoms with Crippen LogP contribution < -0.4 is 0 Å². The van der Waals surface area contributed by atoms with Gasteiger partial charge in [-0.05, 0) is 19.1 Å². The molecular formula is C12H9ClN4O2. The summed E-state index contributed by atoms with van der Waals surface area (Å²) in [7, 11) is 0. The molecule has 0 aliphatic rings. The van der Waals surface area contributed by atoms with Crippen LogP contribution in [0.15, 0.2) is 24.3 Å². The van der Waals surface area contributed by atoms with Gasteiger partial charge in [0.15, 0.2) is 5.15 Å². The number of carbonyl (C=O) groups is 1. The first kappa shape index (κ1) is 11.7. The number of carboxylic acid groups (broad SMARTS) is 1. The van der Waals surface area contributed by atoms with Crippen LogP contribution in [0, 0.1) is 6.92 Å². The summed E-state index contributed by atoms with van der Waals surface area (Å²) in [5.41, 5.74) is 1.93. The first-order valence-corrected chi connectivity index (χ1v) is 5.89. The zero-order valence-corrected chi connectivity index (χ0v) is 10.6. The number of halogens is 1. The molecule has 2 heterocycles. The average molecular weight is 277 g/mol. The SMILES string of the molecule is Cc1nn(-c2nc3ccccc3[nH]2)c(Cl)c1C(=O)O. The van der Waals surface area contributed by atoms with Gasteiger partial charge in [-0.2, -0.15) is 9.78 Å². The van der Waals surface area contributed by atoms with Gasteiger partial charge < -0.3 is 10.1 Å². The van der Waals surface area contributed by atoms with Gasteiger partial charge in [0, 0.05) is 0 Å². The molecule has 0 saturated carbocycles. The van der Waals surface area contributed by atoms with Crippen LogP contribution >= 0.6 is 11.6 Å². The molecule has 6 nitrogen and oxygen atoms in total. The minimum absolute atomic E-state index is 0.0119. The summed E-state index contributed by atoms with van der Waals surface area (Å²) >= 11 is 6.05. The number of aromatic amines is 1. The molecule has 0 amide bonds. The number of hydrogen-bond acceptors (Lipinski definition) is 3. The van der Waals surface area contributed by atoms with Crippen molar-refractivity contribution >= 4 is 28.6 Å². The Balaban J connectivity index is 2.22. The average Bonchev–Trinajstić information content (AvgIpc) is 2.89. The quantitative estimate of drug-likeness (QED) is 0.753. The van der Waals surface area contributed by atoms with E-state index in [0.717, 1.165) is 11.0 Å². The summed E-state index contributed by atoms with van der Waals surface area (Å²) < 4.78 is 1.29. The van der Waals surface area contributed by atoms with E-state index < -0.39 is 5.97 Å². The lowest BCUT2D eigenvalue weighted by Crippen LogP contribution is -2.00. The van der Waals surface area contributed by atoms with Crippen LogP contribution in [-0.4, -0.2) is 30.8 Å². The lowest BCUT2D eigenvalue weighted by Gasteiger charge is -1.96. The Hall–Kier alpha value is -2.34. The highest BCUT2D eigenvalue weighted by Gasteiger charge is 2.21. The molecule has 0 saturated heterocycles. The normalized spacial score (nSPS) is 11.1. The fraction of sp³-hybridized carbons (Fsp3) is 0.0833. The molecule has 0 unspecified atom stereocenters. The van der Waals surface area contributed by atoms with Gasteiger partial charge >= 0.3 is 5.97 Å². The van der Waals surface area contributed by atoms with Gasteiger partial charge in [-0.15, -0.1) is 0 Å². The van der Waals surface area contributed by atoms with E-state index in [1.165, 1.54) is 4.68 Å². The number of H-pyrrole nitrogens is 1. The number of benzene rings is 1. The smallest absolute Gasteiger partial charge is 0.340 e. The Kier molecular flexibility index (Phi) is 2.53. The van der Waals surface area contributed by atoms with Crippen LogP contribution in [0.3, 0.4) is 0 Å². The predicted molar refractivity (Wildman–Crippen MR) is 69.9 cm³/mol. The molecule has 0 atom stereocenters. The van der Waals surface area contributed by atoms with Gasteiger partial charge in [-0.3, -0.25) is 0 Å². The molecule has 3 aromatic rings. The molecular weight excluding hydrogens is 268 g/mol. The molecule has 96 valence electrons. The minimum Gasteiger partial charge on any atom is -0.478 e. The number of nitrogens with zero attached hydrogens (tertiary/aromatic N) is 3. The Morgan fingerprint density at radius 2 is 2.16 bits per heavy atom. The van der Waals surface area contributed by atoms with E-state index in [0.29, 0.717) is 11.6 Å². The molecule has 7 heteroatoms. The fourth-order valence-corrected chi connectivity index (χ4v) is 2.26. The number of aromatic carboxylic acids is 1. The van der Waals surface area contributed by atoms with E-state index in [4.69, 9.17) is 16.7 Å². The third-order valence-electron chi connectivity index (χ3n) is 2.80. The lowest BCUT2D eigenvalue weighted by molar-refractivity contribution is 0.0696. The van der Waals surface area contributed by atoms with Gasteiger partial charge in [0.2, 0.25) is 5.95 Å². The second-order valence-corrected chi connectivity index (χ2v) is 4.40. The Morgan fingerprint density at radius 1 is 1.42 bits per heavy atom. The zero-order chi connectivity index (χ0) is 13.6. The third-order valence-corrected chi connectivity index (χ3v) is 3.14. The number of carboxylic acids is 1. The summed E-state index contributed by atoms with van der Waals surface area (Å²) in [4.78, 5) is 18.5. The number of nitrogens with one attached hydrogen (secondary N) is 1. The number of rotatable bonds is 2. The van der Waals surface area contributed by atoms with E-state index in [2.05, 4.69) is 15.1 Å². The molecule has 3 rings (SSSR count). The number of fused-ring (bicyclic) bond motifs is 1. The van der Waals surface area contributed by atoms with Gasteiger partial charge in [0.25, 0.3) is 0 Å². The Bertz CT molecular complexity index is 757. The van der Waals surface area contributed by atoms with Gasteiger partial charge in [0.05, 0.1) is 16.7 Å². The third kappa shape index (κ3) is 1.77. The van der Waals surface area contributed by atoms with Crippen molar-refractivity contribution < 1.29 is 9.90 Å². The second kappa shape index (κ2) is 4.10. The first-order chi connectivity index (χ1) is 9.08. The van der Waals surface area contributed by atoms with Crippen molar-refractivity contribution in [2.45, 2.75) is 6.92 Å². The topological polar surface area (TPSA) is 83.8 Å². The summed E-state index contributed by atoms with van der Waals surface area (Å²) in [6.45, 7) is 1.59. The first-order valence-electron chi connectivity index (χ1n) is 5.51. The zero-order valence-electron chi connectivity index (χ0n) is 9.88. The van der Waals surface area contributed by atoms with E-state index in [9.17, 15) is 4.79 Å². The maximum absolute atomic E-state index is 11.1. The van der Waals surface area contributed by atoms with Crippen molar-refractivity contribution in [2.75, 3.05) is 0 Å². The van der Waals surface area contributed by atoms with E-state index in [1.807, 2.05) is 24.3 Å². The fourth-order valence-electron chi connectivity index (χ4n) is 1.92. The molecule has 0 fully saturated rings. The molecule has 1 aromatic carbocycles. The predicted octanol–water partition coefficient (Wildman–Crippen LogP) is 2.41. The molecule has 19 heavy (non-hydrogen) atoms. The van der Waals surface area contributed by atoms with Crippen LogP contribution in [0.5, 0.6) is 0 Å². The van der Waals surface area contributed by atoms with Crippen molar-refractivity contribution in [2.24, 2.45) is 0 Å². The number of aryl methyl sites for hydroxylation is 1. The minimum atomic E-state index is -1.11. The maximum atomic E-state index is 11.1. The highest BCUT2D eigenvalue weighted by molar-refractivity contribution is 6.32. The van der Waals surface area contributed by atoms with Crippen molar-refractivity contribution in [3.8, 4) is 5.95 Å². The van der Waals surface area contributed by atoms with Gasteiger partial charge in [0.1, 0.15) is 5.56 Å². The van der Waals surface area contributed by atoms with Crippen LogP contribution in [0.1, 0.15) is 16.1 Å². The summed E-state index contributed by atoms with van der Waals surface area (Å²) in [5, 5.41) is 13.2. The lowest BCUT2D eigenvalue weighted by atomic mass is 10.3. The Morgan fingerprint density at radius 3 is 2.79 bits per heavy atom. The summed E-state index contributed by atoms with van der Waals surface area (Å²) in [6.07, 6.45) is 0. The monoisotopic (exact) mass is 276 g/mol. The second-order valence-electron chi connectivity index (χ2n) is 4.05. The standard InChI is InChI=1S/C12H9ClN4O2/c1-6-9(11(18)19)10(13)17(16-6)12-14-7-4-2-3-5-8(7)15-12/h2-5H,1H3,(H,14,15)(H,18,19). The van der Waals surface area contributed by atoms with Crippen LogP contribution in [0.2, 0.25) is 5.15 Å². The molecule has 2 N–H and O–H groups in total. The summed E-state index contributed by atoms with van der Waals surface area (Å²) in [5.74, 6) is -0.716. The van der Waals surface area contributed by atoms with Crippen molar-refractivity contribution in [1.82, 2.24) is 19.7 Å². The molecule has 0 aliphatic carbocycles. The molecule has 0 radical (unpaired) electrons. The van der Waals surface area contributed by atoms with Gasteiger partial charge in [-0.25, -0.2) is 9.78 Å². The molecule has 0 spiro atoms. The highest BCUT2D eigenvalue weighted by Crippen LogP contribution is 2.23. The Labute approximate surface area is 112 Å². The van der Waals surface area contributed by atoms with E-state index >= 15 is 0 Å². The molecule has 2 aromatic heterocycles. The summed E-state index contributed by atoms with van der Waals surface area (Å²) in [6, 6.07) is 7.46. The van der Waals surface area contributed by atoms with Crippen LogP contribution in [-0.2, 0) is 0 Å². The number of imidazole rings is 1. The van der Waals surface area contributed by atoms with Crippen molar-refractivity contribution in [3.63, 3.8) is 0 Å². The number of hydrogen-bond donors (Lipinski definition) is 2. The van der Waals surface area contributed by atoms with Gasteiger partial charge in [-0.1, -0.05) is 23.7 Å². The van der Waals surface area contributed by atoms with Crippen molar-refractivity contribution in [1.29, 1.82) is 0 Å². The number of aromatic nitrogens is 4. The highest BCUT2D eigenvalue weighted by atomic mass is 35.5. The van der Waals surface area contributed by atoms with Crippen LogP contribution in [0.4, 0.5) is 0 Å². The molecule has 0 bridgehead atoms. The van der Waals surface area contributed by atoms with E-state index in [-0.39, 0.29) is 10.7 Å². The van der Waals surface area contributed by atoms with Crippen LogP contribution in [0.25, 0.3) is 17.0 Å². The largest absolute Gasteiger partial charge is 0.478 e. The number of para-hydroxylation sites is 2.